The molecule has 1 amide bonds. The van der Waals surface area contributed by atoms with Gasteiger partial charge in [0, 0.05) is 5.92 Å². The number of aromatic hydroxyl groups is 1. The van der Waals surface area contributed by atoms with Crippen LogP contribution in [0.2, 0.25) is 0 Å². The van der Waals surface area contributed by atoms with Crippen LogP contribution in [0, 0.1) is 0 Å². The number of nitrogens with two attached hydrogens (primary N) is 1. The molecule has 0 aliphatic heterocycles. The summed E-state index contributed by atoms with van der Waals surface area (Å²) in [7, 11) is 0. The largest absolute Gasteiger partial charge is 0.492 e. The number of amides is 1. The third kappa shape index (κ3) is 1.16. The van der Waals surface area contributed by atoms with Gasteiger partial charge in [0.05, 0.1) is 0 Å². The highest BCUT2D eigenvalue weighted by molar-refractivity contribution is 7.14. The molecular weight excluding hydrogens is 176 g/mol. The van der Waals surface area contributed by atoms with Crippen molar-refractivity contribution in [2.24, 2.45) is 5.73 Å². The van der Waals surface area contributed by atoms with E-state index in [0.29, 0.717) is 5.92 Å². The Bertz CT molecular complexity index is 330. The van der Waals surface area contributed by atoms with Crippen LogP contribution in [0.15, 0.2) is 0 Å². The lowest BCUT2D eigenvalue weighted by molar-refractivity contribution is 0.100. The Balaban J connectivity index is 2.36. The van der Waals surface area contributed by atoms with E-state index in [4.69, 9.17) is 5.73 Å². The Morgan fingerprint density at radius 3 is 2.75 bits per heavy atom. The fourth-order valence-corrected chi connectivity index (χ4v) is 1.97. The first-order valence-corrected chi connectivity index (χ1v) is 4.49. The van der Waals surface area contributed by atoms with Crippen LogP contribution >= 0.6 is 11.3 Å². The van der Waals surface area contributed by atoms with Gasteiger partial charge in [0.25, 0.3) is 5.91 Å². The Labute approximate surface area is 73.0 Å². The quantitative estimate of drug-likeness (QED) is 0.714. The number of thiazole rings is 1. The van der Waals surface area contributed by atoms with Crippen LogP contribution in [0.5, 0.6) is 5.88 Å². The summed E-state index contributed by atoms with van der Waals surface area (Å²) < 4.78 is 0. The van der Waals surface area contributed by atoms with Crippen molar-refractivity contribution in [1.82, 2.24) is 4.98 Å². The number of aromatic nitrogens is 1. The van der Waals surface area contributed by atoms with E-state index in [1.54, 1.807) is 0 Å². The number of carbonyl (C=O) groups is 1. The minimum absolute atomic E-state index is 0.178. The molecule has 0 aromatic carbocycles. The summed E-state index contributed by atoms with van der Waals surface area (Å²) in [5.41, 5.74) is 5.02. The van der Waals surface area contributed by atoms with Crippen molar-refractivity contribution in [2.45, 2.75) is 18.8 Å². The van der Waals surface area contributed by atoms with E-state index in [1.807, 2.05) is 0 Å². The minimum Gasteiger partial charge on any atom is -0.492 e. The summed E-state index contributed by atoms with van der Waals surface area (Å²) in [5.74, 6) is -0.361. The van der Waals surface area contributed by atoms with E-state index in [0.717, 1.165) is 17.8 Å². The smallest absolute Gasteiger partial charge is 0.264 e. The van der Waals surface area contributed by atoms with Crippen molar-refractivity contribution >= 4 is 17.2 Å². The van der Waals surface area contributed by atoms with Crippen LogP contribution in [0.3, 0.4) is 0 Å². The predicted molar refractivity (Wildman–Crippen MR) is 44.3 cm³/mol. The van der Waals surface area contributed by atoms with Gasteiger partial charge in [0.2, 0.25) is 5.88 Å². The molecule has 1 aromatic heterocycles. The zero-order chi connectivity index (χ0) is 8.72. The summed E-state index contributed by atoms with van der Waals surface area (Å²) >= 11 is 1.20. The second-order valence-corrected chi connectivity index (χ2v) is 3.87. The van der Waals surface area contributed by atoms with E-state index in [1.165, 1.54) is 11.3 Å². The maximum atomic E-state index is 10.7. The van der Waals surface area contributed by atoms with E-state index < -0.39 is 5.91 Å². The topological polar surface area (TPSA) is 76.2 Å². The number of rotatable bonds is 2. The Kier molecular flexibility index (Phi) is 1.54. The van der Waals surface area contributed by atoms with Gasteiger partial charge in [-0.25, -0.2) is 4.98 Å². The number of hydrogen-bond donors (Lipinski definition) is 2. The molecule has 12 heavy (non-hydrogen) atoms. The first-order valence-electron chi connectivity index (χ1n) is 3.68. The molecule has 64 valence electrons. The molecule has 0 atom stereocenters. The lowest BCUT2D eigenvalue weighted by Gasteiger charge is -1.84. The van der Waals surface area contributed by atoms with Crippen molar-refractivity contribution in [2.75, 3.05) is 0 Å². The molecule has 0 unspecified atom stereocenters. The average molecular weight is 184 g/mol. The second-order valence-electron chi connectivity index (χ2n) is 2.84. The monoisotopic (exact) mass is 184 g/mol. The van der Waals surface area contributed by atoms with Crippen LogP contribution < -0.4 is 5.73 Å². The van der Waals surface area contributed by atoms with Crippen LogP contribution in [-0.2, 0) is 0 Å². The maximum absolute atomic E-state index is 10.7. The number of nitrogens with zero attached hydrogens (tertiary/aromatic N) is 1. The molecule has 1 fully saturated rings. The Hall–Kier alpha value is -1.10. The molecule has 0 spiro atoms. The molecular formula is C7H8N2O2S. The molecule has 1 aromatic rings. The highest BCUT2D eigenvalue weighted by atomic mass is 32.1. The number of hydrogen-bond acceptors (Lipinski definition) is 4. The maximum Gasteiger partial charge on any atom is 0.264 e. The highest BCUT2D eigenvalue weighted by Gasteiger charge is 2.29. The fraction of sp³-hybridized carbons (Fsp3) is 0.429. The van der Waals surface area contributed by atoms with E-state index in [-0.39, 0.29) is 10.8 Å². The zero-order valence-corrected chi connectivity index (χ0v) is 7.10. The summed E-state index contributed by atoms with van der Waals surface area (Å²) in [4.78, 5) is 14.8. The van der Waals surface area contributed by atoms with Crippen LogP contribution in [0.25, 0.3) is 0 Å². The number of carbonyl (C=O) groups excluding carboxylic acids is 1. The normalized spacial score (nSPS) is 16.3. The lowest BCUT2D eigenvalue weighted by Crippen LogP contribution is -2.08. The summed E-state index contributed by atoms with van der Waals surface area (Å²) in [6.07, 6.45) is 2.20. The molecule has 1 saturated carbocycles. The van der Waals surface area contributed by atoms with Gasteiger partial charge >= 0.3 is 0 Å². The molecule has 5 heteroatoms. The SMILES string of the molecule is NC(=O)c1sc(C2CC2)nc1O. The standard InChI is InChI=1S/C7H8N2O2S/c8-5(10)4-6(11)9-7(12-4)3-1-2-3/h3,11H,1-2H2,(H2,8,10). The second kappa shape index (κ2) is 2.45. The van der Waals surface area contributed by atoms with Crippen molar-refractivity contribution in [3.05, 3.63) is 9.88 Å². The molecule has 1 heterocycles. The summed E-state index contributed by atoms with van der Waals surface area (Å²) in [5, 5.41) is 10.0. The van der Waals surface area contributed by atoms with E-state index >= 15 is 0 Å². The third-order valence-corrected chi connectivity index (χ3v) is 3.00. The molecule has 0 saturated heterocycles. The van der Waals surface area contributed by atoms with Crippen molar-refractivity contribution in [1.29, 1.82) is 0 Å². The van der Waals surface area contributed by atoms with Gasteiger partial charge in [0.15, 0.2) is 4.88 Å². The van der Waals surface area contributed by atoms with E-state index in [2.05, 4.69) is 4.98 Å². The minimum atomic E-state index is -0.600. The van der Waals surface area contributed by atoms with Crippen LogP contribution in [-0.4, -0.2) is 16.0 Å². The van der Waals surface area contributed by atoms with Gasteiger partial charge in [-0.15, -0.1) is 11.3 Å². The van der Waals surface area contributed by atoms with Crippen LogP contribution in [0.4, 0.5) is 0 Å². The first kappa shape index (κ1) is 7.54. The van der Waals surface area contributed by atoms with Crippen molar-refractivity contribution < 1.29 is 9.90 Å². The average Bonchev–Trinajstić information content (AvgIpc) is 2.75. The third-order valence-electron chi connectivity index (χ3n) is 1.78. The van der Waals surface area contributed by atoms with Crippen LogP contribution in [0.1, 0.15) is 33.4 Å². The zero-order valence-electron chi connectivity index (χ0n) is 6.28. The van der Waals surface area contributed by atoms with Gasteiger partial charge < -0.3 is 10.8 Å². The van der Waals surface area contributed by atoms with Crippen molar-refractivity contribution in [3.8, 4) is 5.88 Å². The predicted octanol–water partition coefficient (Wildman–Crippen LogP) is 0.825. The number of primary amides is 1. The lowest BCUT2D eigenvalue weighted by atomic mass is 10.4. The molecule has 1 aliphatic rings. The van der Waals surface area contributed by atoms with Crippen molar-refractivity contribution in [3.63, 3.8) is 0 Å². The van der Waals surface area contributed by atoms with E-state index in [9.17, 15) is 9.90 Å². The Morgan fingerprint density at radius 1 is 1.67 bits per heavy atom. The van der Waals surface area contributed by atoms with Gasteiger partial charge in [-0.1, -0.05) is 0 Å². The summed E-state index contributed by atoms with van der Waals surface area (Å²) in [6.45, 7) is 0. The van der Waals surface area contributed by atoms with Gasteiger partial charge in [0.1, 0.15) is 5.01 Å². The highest BCUT2D eigenvalue weighted by Crippen LogP contribution is 2.43. The Morgan fingerprint density at radius 2 is 2.33 bits per heavy atom. The molecule has 1 aliphatic carbocycles. The molecule has 2 rings (SSSR count). The van der Waals surface area contributed by atoms with Gasteiger partial charge in [-0.05, 0) is 12.8 Å². The first-order chi connectivity index (χ1) is 5.68. The molecule has 0 bridgehead atoms. The van der Waals surface area contributed by atoms with Gasteiger partial charge in [-0.3, -0.25) is 4.79 Å². The summed E-state index contributed by atoms with van der Waals surface area (Å²) in [6, 6.07) is 0. The molecule has 0 radical (unpaired) electrons. The molecule has 3 N–H and O–H groups in total. The molecule has 4 nitrogen and oxygen atoms in total. The fourth-order valence-electron chi connectivity index (χ4n) is 0.994. The van der Waals surface area contributed by atoms with Gasteiger partial charge in [-0.2, -0.15) is 0 Å².